The SMILES string of the molecule is CC(C)(C)C(NC(=O)O)C(=O)Nc1cccc(-c2cc3nc(Cl)nc(N4CCOCC4)c3s2)c1. The molecule has 1 saturated heterocycles. The standard InChI is InChI=1S/C23H26ClN5O4S/c1-23(2,3)18(27-22(31)32)20(30)25-14-6-4-5-13(11-14)16-12-15-17(34-16)19(28-21(24)26-15)29-7-9-33-10-8-29/h4-6,11-12,18,27H,7-10H2,1-3H3,(H,25,30)(H,31,32). The summed E-state index contributed by atoms with van der Waals surface area (Å²) in [4.78, 5) is 36.0. The molecule has 2 amide bonds. The van der Waals surface area contributed by atoms with Crippen molar-refractivity contribution in [2.75, 3.05) is 36.5 Å². The molecule has 1 aliphatic rings. The molecule has 180 valence electrons. The Morgan fingerprint density at radius 3 is 2.62 bits per heavy atom. The van der Waals surface area contributed by atoms with E-state index in [-0.39, 0.29) is 5.28 Å². The van der Waals surface area contributed by atoms with E-state index in [2.05, 4.69) is 25.5 Å². The van der Waals surface area contributed by atoms with Gasteiger partial charge >= 0.3 is 6.09 Å². The number of hydrogen-bond acceptors (Lipinski definition) is 7. The smallest absolute Gasteiger partial charge is 0.405 e. The third-order valence-electron chi connectivity index (χ3n) is 5.45. The summed E-state index contributed by atoms with van der Waals surface area (Å²) in [6.07, 6.45) is -1.25. The third-order valence-corrected chi connectivity index (χ3v) is 6.79. The van der Waals surface area contributed by atoms with Crippen LogP contribution in [0.4, 0.5) is 16.3 Å². The minimum Gasteiger partial charge on any atom is -0.465 e. The predicted octanol–water partition coefficient (Wildman–Crippen LogP) is 4.47. The van der Waals surface area contributed by atoms with Crippen LogP contribution in [0.3, 0.4) is 0 Å². The molecule has 1 aromatic carbocycles. The number of ether oxygens (including phenoxy) is 1. The summed E-state index contributed by atoms with van der Waals surface area (Å²) in [5.41, 5.74) is 1.62. The van der Waals surface area contributed by atoms with E-state index in [1.807, 2.05) is 24.3 Å². The van der Waals surface area contributed by atoms with Crippen LogP contribution in [0, 0.1) is 5.41 Å². The Balaban J connectivity index is 1.63. The van der Waals surface area contributed by atoms with Crippen LogP contribution in [0.15, 0.2) is 30.3 Å². The van der Waals surface area contributed by atoms with Gasteiger partial charge in [-0.2, -0.15) is 4.98 Å². The Bertz CT molecular complexity index is 1220. The average molecular weight is 504 g/mol. The number of rotatable bonds is 5. The van der Waals surface area contributed by atoms with Gasteiger partial charge < -0.3 is 25.4 Å². The van der Waals surface area contributed by atoms with Gasteiger partial charge in [0.1, 0.15) is 6.04 Å². The first kappa shape index (κ1) is 24.2. The number of carbonyl (C=O) groups is 2. The number of fused-ring (bicyclic) bond motifs is 1. The molecular weight excluding hydrogens is 478 g/mol. The Kier molecular flexibility index (Phi) is 6.92. The van der Waals surface area contributed by atoms with E-state index in [0.717, 1.165) is 39.6 Å². The molecule has 2 aromatic heterocycles. The van der Waals surface area contributed by atoms with Crippen LogP contribution in [0.2, 0.25) is 5.28 Å². The van der Waals surface area contributed by atoms with Crippen LogP contribution < -0.4 is 15.5 Å². The van der Waals surface area contributed by atoms with Crippen molar-refractivity contribution in [3.05, 3.63) is 35.6 Å². The number of carboxylic acid groups (broad SMARTS) is 1. The van der Waals surface area contributed by atoms with Crippen LogP contribution in [-0.2, 0) is 9.53 Å². The quantitative estimate of drug-likeness (QED) is 0.440. The fourth-order valence-electron chi connectivity index (χ4n) is 3.78. The summed E-state index contributed by atoms with van der Waals surface area (Å²) >= 11 is 7.77. The molecule has 1 unspecified atom stereocenters. The van der Waals surface area contributed by atoms with E-state index < -0.39 is 23.5 Å². The molecule has 4 rings (SSSR count). The molecule has 1 fully saturated rings. The molecule has 0 bridgehead atoms. The monoisotopic (exact) mass is 503 g/mol. The molecule has 0 aliphatic carbocycles. The van der Waals surface area contributed by atoms with Gasteiger partial charge in [-0.25, -0.2) is 9.78 Å². The van der Waals surface area contributed by atoms with Gasteiger partial charge in [0, 0.05) is 23.7 Å². The Labute approximate surface area is 206 Å². The number of hydrogen-bond donors (Lipinski definition) is 3. The second-order valence-corrected chi connectivity index (χ2v) is 10.4. The number of halogens is 1. The van der Waals surface area contributed by atoms with Crippen LogP contribution in [0.5, 0.6) is 0 Å². The first-order valence-electron chi connectivity index (χ1n) is 10.8. The molecular formula is C23H26ClN5O4S. The summed E-state index contributed by atoms with van der Waals surface area (Å²) in [5.74, 6) is 0.377. The third kappa shape index (κ3) is 5.40. The van der Waals surface area contributed by atoms with E-state index in [0.29, 0.717) is 18.9 Å². The number of morpholine rings is 1. The Morgan fingerprint density at radius 2 is 1.94 bits per heavy atom. The zero-order chi connectivity index (χ0) is 24.5. The number of nitrogens with one attached hydrogen (secondary N) is 2. The van der Waals surface area contributed by atoms with Crippen LogP contribution >= 0.6 is 22.9 Å². The number of carbonyl (C=O) groups excluding carboxylic acids is 1. The van der Waals surface area contributed by atoms with Gasteiger partial charge in [0.25, 0.3) is 0 Å². The zero-order valence-corrected chi connectivity index (χ0v) is 20.7. The molecule has 3 aromatic rings. The maximum absolute atomic E-state index is 12.9. The van der Waals surface area contributed by atoms with Gasteiger partial charge in [-0.3, -0.25) is 4.79 Å². The number of amides is 2. The van der Waals surface area contributed by atoms with Gasteiger partial charge in [0.2, 0.25) is 11.2 Å². The molecule has 3 N–H and O–H groups in total. The number of nitrogens with zero attached hydrogens (tertiary/aromatic N) is 3. The van der Waals surface area contributed by atoms with Crippen molar-refractivity contribution >= 4 is 56.7 Å². The minimum absolute atomic E-state index is 0.193. The van der Waals surface area contributed by atoms with Crippen LogP contribution in [0.1, 0.15) is 20.8 Å². The molecule has 1 atom stereocenters. The summed E-state index contributed by atoms with van der Waals surface area (Å²) in [7, 11) is 0. The summed E-state index contributed by atoms with van der Waals surface area (Å²) in [6.45, 7) is 8.15. The van der Waals surface area contributed by atoms with Gasteiger partial charge in [-0.05, 0) is 40.8 Å². The topological polar surface area (TPSA) is 117 Å². The largest absolute Gasteiger partial charge is 0.465 e. The summed E-state index contributed by atoms with van der Waals surface area (Å²) in [6, 6.07) is 8.46. The fraction of sp³-hybridized carbons (Fsp3) is 0.391. The van der Waals surface area contributed by atoms with Crippen LogP contribution in [-0.4, -0.2) is 59.4 Å². The van der Waals surface area contributed by atoms with E-state index in [1.165, 1.54) is 0 Å². The first-order valence-corrected chi connectivity index (χ1v) is 12.0. The summed E-state index contributed by atoms with van der Waals surface area (Å²) < 4.78 is 6.39. The highest BCUT2D eigenvalue weighted by molar-refractivity contribution is 7.22. The molecule has 0 saturated carbocycles. The normalized spacial score (nSPS) is 15.2. The van der Waals surface area contributed by atoms with Crippen molar-refractivity contribution in [3.63, 3.8) is 0 Å². The van der Waals surface area contributed by atoms with E-state index in [1.54, 1.807) is 38.2 Å². The summed E-state index contributed by atoms with van der Waals surface area (Å²) in [5, 5.41) is 14.5. The fourth-order valence-corrected chi connectivity index (χ4v) is 5.06. The van der Waals surface area contributed by atoms with Crippen molar-refractivity contribution in [1.29, 1.82) is 0 Å². The second kappa shape index (κ2) is 9.73. The molecule has 9 nitrogen and oxygen atoms in total. The van der Waals surface area contributed by atoms with Crippen molar-refractivity contribution in [2.24, 2.45) is 5.41 Å². The molecule has 11 heteroatoms. The lowest BCUT2D eigenvalue weighted by atomic mass is 9.86. The van der Waals surface area contributed by atoms with Gasteiger partial charge in [-0.1, -0.05) is 32.9 Å². The van der Waals surface area contributed by atoms with Crippen molar-refractivity contribution in [2.45, 2.75) is 26.8 Å². The minimum atomic E-state index is -1.25. The van der Waals surface area contributed by atoms with Crippen molar-refractivity contribution in [3.8, 4) is 10.4 Å². The molecule has 1 aliphatic heterocycles. The predicted molar refractivity (Wildman–Crippen MR) is 134 cm³/mol. The number of aromatic nitrogens is 2. The second-order valence-electron chi connectivity index (χ2n) is 9.06. The van der Waals surface area contributed by atoms with Crippen molar-refractivity contribution < 1.29 is 19.4 Å². The molecule has 0 spiro atoms. The number of benzene rings is 1. The maximum atomic E-state index is 12.9. The molecule has 0 radical (unpaired) electrons. The first-order chi connectivity index (χ1) is 16.1. The number of anilines is 2. The average Bonchev–Trinajstić information content (AvgIpc) is 3.21. The highest BCUT2D eigenvalue weighted by Gasteiger charge is 2.33. The Morgan fingerprint density at radius 1 is 1.21 bits per heavy atom. The maximum Gasteiger partial charge on any atom is 0.405 e. The van der Waals surface area contributed by atoms with Crippen LogP contribution in [0.25, 0.3) is 20.7 Å². The lowest BCUT2D eigenvalue weighted by Crippen LogP contribution is -2.51. The van der Waals surface area contributed by atoms with E-state index >= 15 is 0 Å². The van der Waals surface area contributed by atoms with Gasteiger partial charge in [0.15, 0.2) is 5.82 Å². The Hall–Kier alpha value is -2.95. The van der Waals surface area contributed by atoms with Gasteiger partial charge in [0.05, 0.1) is 23.4 Å². The van der Waals surface area contributed by atoms with E-state index in [4.69, 9.17) is 21.4 Å². The lowest BCUT2D eigenvalue weighted by Gasteiger charge is -2.29. The van der Waals surface area contributed by atoms with Gasteiger partial charge in [-0.15, -0.1) is 11.3 Å². The highest BCUT2D eigenvalue weighted by atomic mass is 35.5. The van der Waals surface area contributed by atoms with E-state index in [9.17, 15) is 9.59 Å². The molecule has 3 heterocycles. The molecule has 34 heavy (non-hydrogen) atoms. The zero-order valence-electron chi connectivity index (χ0n) is 19.1. The number of thiophene rings is 1. The lowest BCUT2D eigenvalue weighted by molar-refractivity contribution is -0.120. The van der Waals surface area contributed by atoms with Crippen molar-refractivity contribution in [1.82, 2.24) is 15.3 Å². The highest BCUT2D eigenvalue weighted by Crippen LogP contribution is 2.38.